The van der Waals surface area contributed by atoms with Gasteiger partial charge in [0.15, 0.2) is 5.96 Å². The van der Waals surface area contributed by atoms with Gasteiger partial charge in [-0.15, -0.1) is 24.0 Å². The van der Waals surface area contributed by atoms with Crippen molar-refractivity contribution in [3.8, 4) is 0 Å². The Hall–Kier alpha value is -1.42. The first-order chi connectivity index (χ1) is 13.6. The molecule has 2 N–H and O–H groups in total. The molecule has 6 nitrogen and oxygen atoms in total. The van der Waals surface area contributed by atoms with E-state index in [1.54, 1.807) is 0 Å². The first-order valence-electron chi connectivity index (χ1n) is 10.0. The van der Waals surface area contributed by atoms with Crippen molar-refractivity contribution in [3.63, 3.8) is 0 Å². The lowest BCUT2D eigenvalue weighted by atomic mass is 10.2. The van der Waals surface area contributed by atoms with Gasteiger partial charge in [-0.2, -0.15) is 16.9 Å². The first kappa shape index (κ1) is 23.9. The van der Waals surface area contributed by atoms with Gasteiger partial charge in [-0.25, -0.2) is 4.99 Å². The molecule has 29 heavy (non-hydrogen) atoms. The van der Waals surface area contributed by atoms with Gasteiger partial charge in [-0.05, 0) is 38.5 Å². The van der Waals surface area contributed by atoms with E-state index in [4.69, 9.17) is 4.99 Å². The summed E-state index contributed by atoms with van der Waals surface area (Å²) in [5.74, 6) is 3.28. The summed E-state index contributed by atoms with van der Waals surface area (Å²) in [6, 6.07) is 8.84. The molecule has 1 aliphatic rings. The second-order valence-electron chi connectivity index (χ2n) is 7.09. The Labute approximate surface area is 195 Å². The number of benzene rings is 1. The van der Waals surface area contributed by atoms with E-state index in [0.29, 0.717) is 6.54 Å². The van der Waals surface area contributed by atoms with E-state index in [0.717, 1.165) is 37.8 Å². The maximum Gasteiger partial charge on any atom is 0.191 e. The van der Waals surface area contributed by atoms with Gasteiger partial charge >= 0.3 is 0 Å². The van der Waals surface area contributed by atoms with Gasteiger partial charge in [0.1, 0.15) is 0 Å². The van der Waals surface area contributed by atoms with E-state index < -0.39 is 0 Å². The number of nitrogens with one attached hydrogen (secondary N) is 2. The van der Waals surface area contributed by atoms with Crippen molar-refractivity contribution in [2.24, 2.45) is 12.0 Å². The molecule has 1 aromatic heterocycles. The largest absolute Gasteiger partial charge is 0.370 e. The van der Waals surface area contributed by atoms with Crippen molar-refractivity contribution in [1.29, 1.82) is 0 Å². The van der Waals surface area contributed by atoms with Crippen LogP contribution in [-0.4, -0.2) is 46.9 Å². The predicted octanol–water partition coefficient (Wildman–Crippen LogP) is 3.46. The second-order valence-corrected chi connectivity index (χ2v) is 8.31. The van der Waals surface area contributed by atoms with Crippen LogP contribution in [0.4, 0.5) is 5.69 Å². The van der Waals surface area contributed by atoms with E-state index in [2.05, 4.69) is 65.7 Å². The number of thioether (sulfide) groups is 1. The average molecular weight is 529 g/mol. The summed E-state index contributed by atoms with van der Waals surface area (Å²) < 4.78 is 1.93. The molecule has 1 aliphatic heterocycles. The number of hydrogen-bond acceptors (Lipinski definition) is 4. The van der Waals surface area contributed by atoms with Gasteiger partial charge in [0.05, 0.1) is 12.2 Å². The van der Waals surface area contributed by atoms with Crippen molar-refractivity contribution in [3.05, 3.63) is 46.8 Å². The molecule has 2 heterocycles. The Morgan fingerprint density at radius 3 is 2.41 bits per heavy atom. The molecule has 0 amide bonds. The van der Waals surface area contributed by atoms with Crippen LogP contribution in [0.15, 0.2) is 29.3 Å². The highest BCUT2D eigenvalue weighted by molar-refractivity contribution is 14.0. The van der Waals surface area contributed by atoms with Crippen LogP contribution in [0.1, 0.15) is 29.4 Å². The average Bonchev–Trinajstić information content (AvgIpc) is 2.96. The Kier molecular flexibility index (Phi) is 9.61. The van der Waals surface area contributed by atoms with Crippen molar-refractivity contribution in [1.82, 2.24) is 20.4 Å². The maximum atomic E-state index is 4.76. The quantitative estimate of drug-likeness (QED) is 0.342. The summed E-state index contributed by atoms with van der Waals surface area (Å²) >= 11 is 2.04. The van der Waals surface area contributed by atoms with Crippen molar-refractivity contribution >= 4 is 47.4 Å². The zero-order valence-corrected chi connectivity index (χ0v) is 21.0. The highest BCUT2D eigenvalue weighted by Crippen LogP contribution is 2.20. The van der Waals surface area contributed by atoms with Gasteiger partial charge in [0.25, 0.3) is 0 Å². The van der Waals surface area contributed by atoms with Crippen LogP contribution < -0.4 is 15.5 Å². The summed E-state index contributed by atoms with van der Waals surface area (Å²) in [5.41, 5.74) is 6.03. The lowest BCUT2D eigenvalue weighted by molar-refractivity contribution is 0.728. The minimum atomic E-state index is 0. The molecule has 3 rings (SSSR count). The molecule has 0 unspecified atom stereocenters. The van der Waals surface area contributed by atoms with Crippen LogP contribution in [0.3, 0.4) is 0 Å². The molecule has 1 saturated heterocycles. The van der Waals surface area contributed by atoms with Crippen LogP contribution >= 0.6 is 35.7 Å². The molecule has 160 valence electrons. The zero-order valence-electron chi connectivity index (χ0n) is 17.9. The number of halogens is 1. The number of hydrogen-bond donors (Lipinski definition) is 2. The maximum absolute atomic E-state index is 4.76. The van der Waals surface area contributed by atoms with Crippen molar-refractivity contribution in [2.45, 2.75) is 33.9 Å². The van der Waals surface area contributed by atoms with Crippen LogP contribution in [0.2, 0.25) is 0 Å². The number of aromatic nitrogens is 2. The topological polar surface area (TPSA) is 57.5 Å². The summed E-state index contributed by atoms with van der Waals surface area (Å²) in [4.78, 5) is 7.22. The van der Waals surface area contributed by atoms with Gasteiger partial charge in [-0.1, -0.05) is 12.1 Å². The van der Waals surface area contributed by atoms with E-state index in [1.165, 1.54) is 34.0 Å². The molecule has 0 spiro atoms. The van der Waals surface area contributed by atoms with E-state index >= 15 is 0 Å². The Balaban J connectivity index is 0.00000300. The third kappa shape index (κ3) is 6.53. The van der Waals surface area contributed by atoms with E-state index in [9.17, 15) is 0 Å². The SMILES string of the molecule is CCNC(=NCc1ccc(N2CCSCC2)cc1)NCc1c(C)nn(C)c1C.I. The molecular formula is C21H33IN6S. The van der Waals surface area contributed by atoms with Crippen LogP contribution in [0.5, 0.6) is 0 Å². The van der Waals surface area contributed by atoms with Crippen LogP contribution in [0, 0.1) is 13.8 Å². The zero-order chi connectivity index (χ0) is 19.9. The fourth-order valence-corrected chi connectivity index (χ4v) is 4.29. The monoisotopic (exact) mass is 528 g/mol. The lowest BCUT2D eigenvalue weighted by Gasteiger charge is -2.28. The first-order valence-corrected chi connectivity index (χ1v) is 11.2. The normalized spacial score (nSPS) is 14.5. The minimum absolute atomic E-state index is 0. The predicted molar refractivity (Wildman–Crippen MR) is 136 cm³/mol. The molecule has 8 heteroatoms. The molecule has 1 fully saturated rings. The van der Waals surface area contributed by atoms with E-state index in [-0.39, 0.29) is 24.0 Å². The number of nitrogens with zero attached hydrogens (tertiary/aromatic N) is 4. The van der Waals surface area contributed by atoms with Gasteiger partial charge < -0.3 is 15.5 Å². The molecule has 0 saturated carbocycles. The third-order valence-electron chi connectivity index (χ3n) is 5.17. The number of guanidine groups is 1. The van der Waals surface area contributed by atoms with Crippen molar-refractivity contribution in [2.75, 3.05) is 36.0 Å². The second kappa shape index (κ2) is 11.7. The highest BCUT2D eigenvalue weighted by Gasteiger charge is 2.11. The van der Waals surface area contributed by atoms with Gasteiger partial charge in [-0.3, -0.25) is 4.68 Å². The van der Waals surface area contributed by atoms with Crippen molar-refractivity contribution < 1.29 is 0 Å². The lowest BCUT2D eigenvalue weighted by Crippen LogP contribution is -2.37. The van der Waals surface area contributed by atoms with Crippen LogP contribution in [-0.2, 0) is 20.1 Å². The van der Waals surface area contributed by atoms with Gasteiger partial charge in [0, 0.05) is 61.7 Å². The molecule has 1 aromatic carbocycles. The molecule has 2 aromatic rings. The summed E-state index contributed by atoms with van der Waals surface area (Å²) in [6.07, 6.45) is 0. The van der Waals surface area contributed by atoms with E-state index in [1.807, 2.05) is 23.5 Å². The van der Waals surface area contributed by atoms with Gasteiger partial charge in [0.2, 0.25) is 0 Å². The fraction of sp³-hybridized carbons (Fsp3) is 0.524. The Morgan fingerprint density at radius 2 is 1.83 bits per heavy atom. The molecule has 0 atom stereocenters. The number of rotatable bonds is 6. The smallest absolute Gasteiger partial charge is 0.191 e. The number of anilines is 1. The summed E-state index contributed by atoms with van der Waals surface area (Å²) in [7, 11) is 1.98. The Morgan fingerprint density at radius 1 is 1.14 bits per heavy atom. The third-order valence-corrected chi connectivity index (χ3v) is 6.11. The standard InChI is InChI=1S/C21H32N6S.HI/c1-5-22-21(24-15-20-16(2)25-26(4)17(20)3)23-14-18-6-8-19(9-7-18)27-10-12-28-13-11-27;/h6-9H,5,10-15H2,1-4H3,(H2,22,23,24);1H. The van der Waals surface area contributed by atoms with Crippen LogP contribution in [0.25, 0.3) is 0 Å². The molecule has 0 bridgehead atoms. The number of aliphatic imine (C=N–C) groups is 1. The summed E-state index contributed by atoms with van der Waals surface area (Å²) in [6.45, 7) is 10.7. The fourth-order valence-electron chi connectivity index (χ4n) is 3.39. The summed E-state index contributed by atoms with van der Waals surface area (Å²) in [5, 5.41) is 11.3. The minimum Gasteiger partial charge on any atom is -0.370 e. The molecular weight excluding hydrogens is 495 g/mol. The molecule has 0 aliphatic carbocycles. The Bertz CT molecular complexity index is 796. The molecule has 0 radical (unpaired) electrons. The number of aryl methyl sites for hydroxylation is 2. The highest BCUT2D eigenvalue weighted by atomic mass is 127.